The van der Waals surface area contributed by atoms with E-state index in [1.807, 2.05) is 12.1 Å². The number of carbonyl (C=O) groups is 1. The Morgan fingerprint density at radius 1 is 1.00 bits per heavy atom. The predicted octanol–water partition coefficient (Wildman–Crippen LogP) is 4.65. The van der Waals surface area contributed by atoms with E-state index in [2.05, 4.69) is 54.0 Å². The van der Waals surface area contributed by atoms with Gasteiger partial charge in [-0.25, -0.2) is 0 Å². The highest BCUT2D eigenvalue weighted by molar-refractivity contribution is 6.17. The Morgan fingerprint density at radius 2 is 1.79 bits per heavy atom. The van der Waals surface area contributed by atoms with Crippen molar-refractivity contribution in [2.45, 2.75) is 26.5 Å². The molecule has 0 aliphatic heterocycles. The molecular weight excluding hydrogens is 348 g/mol. The average Bonchev–Trinajstić information content (AvgIpc) is 3.02. The van der Waals surface area contributed by atoms with Gasteiger partial charge < -0.3 is 15.0 Å². The number of aromatic nitrogens is 1. The Hall–Kier alpha value is -3.11. The summed E-state index contributed by atoms with van der Waals surface area (Å²) in [5, 5.41) is 1.96. The number of fused-ring (bicyclic) bond motifs is 3. The first-order valence-electron chi connectivity index (χ1n) is 9.53. The van der Waals surface area contributed by atoms with Crippen molar-refractivity contribution in [1.29, 1.82) is 0 Å². The smallest absolute Gasteiger partial charge is 0.249 e. The fraction of sp³-hybridized carbons (Fsp3) is 0.208. The third-order valence-electron chi connectivity index (χ3n) is 5.36. The zero-order chi connectivity index (χ0) is 19.7. The number of nitrogens with two attached hydrogens (primary N) is 1. The van der Waals surface area contributed by atoms with Crippen LogP contribution in [0.2, 0.25) is 0 Å². The molecule has 4 nitrogen and oxygen atoms in total. The van der Waals surface area contributed by atoms with Gasteiger partial charge in [0.25, 0.3) is 0 Å². The van der Waals surface area contributed by atoms with Gasteiger partial charge in [-0.15, -0.1) is 0 Å². The fourth-order valence-corrected chi connectivity index (χ4v) is 4.05. The van der Waals surface area contributed by atoms with Crippen molar-refractivity contribution in [2.75, 3.05) is 7.11 Å². The van der Waals surface area contributed by atoms with Crippen LogP contribution < -0.4 is 5.73 Å². The SMILES string of the molecule is CCc1ccccc1Cn1c2cc(COC)ccc2c2c(C(N)=O)cccc21. The molecule has 1 aromatic heterocycles. The predicted molar refractivity (Wildman–Crippen MR) is 114 cm³/mol. The molecule has 1 amide bonds. The van der Waals surface area contributed by atoms with E-state index >= 15 is 0 Å². The third kappa shape index (κ3) is 3.06. The Bertz CT molecular complexity index is 1170. The fourth-order valence-electron chi connectivity index (χ4n) is 4.05. The summed E-state index contributed by atoms with van der Waals surface area (Å²) in [5.74, 6) is -0.403. The topological polar surface area (TPSA) is 57.2 Å². The van der Waals surface area contributed by atoms with Crippen LogP contribution in [0, 0.1) is 0 Å². The molecule has 0 bridgehead atoms. The van der Waals surface area contributed by atoms with Gasteiger partial charge in [0.1, 0.15) is 0 Å². The lowest BCUT2D eigenvalue weighted by molar-refractivity contribution is 0.100. The molecule has 0 saturated carbocycles. The summed E-state index contributed by atoms with van der Waals surface area (Å²) in [4.78, 5) is 12.1. The molecule has 2 N–H and O–H groups in total. The van der Waals surface area contributed by atoms with E-state index < -0.39 is 5.91 Å². The van der Waals surface area contributed by atoms with E-state index in [0.717, 1.165) is 40.3 Å². The number of aryl methyl sites for hydroxylation is 1. The Morgan fingerprint density at radius 3 is 2.50 bits per heavy atom. The Balaban J connectivity index is 2.02. The first kappa shape index (κ1) is 18.3. The van der Waals surface area contributed by atoms with Gasteiger partial charge in [0.15, 0.2) is 0 Å². The normalized spacial score (nSPS) is 11.4. The highest BCUT2D eigenvalue weighted by Crippen LogP contribution is 2.33. The number of amides is 1. The molecule has 0 radical (unpaired) electrons. The van der Waals surface area contributed by atoms with Gasteiger partial charge in [0.2, 0.25) is 5.91 Å². The van der Waals surface area contributed by atoms with Gasteiger partial charge in [0, 0.05) is 35.5 Å². The zero-order valence-corrected chi connectivity index (χ0v) is 16.2. The number of primary amides is 1. The summed E-state index contributed by atoms with van der Waals surface area (Å²) < 4.78 is 7.61. The molecule has 4 rings (SSSR count). The standard InChI is InChI=1S/C24H24N2O2/c1-3-17-7-4-5-8-18(17)14-26-21-10-6-9-20(24(25)27)23(21)19-12-11-16(15-28-2)13-22(19)26/h4-13H,3,14-15H2,1-2H3,(H2,25,27). The minimum absolute atomic E-state index is 0.403. The van der Waals surface area contributed by atoms with Crippen LogP contribution in [0.25, 0.3) is 21.8 Å². The maximum atomic E-state index is 12.1. The Kier molecular flexibility index (Phi) is 4.88. The van der Waals surface area contributed by atoms with Gasteiger partial charge in [0.05, 0.1) is 12.1 Å². The van der Waals surface area contributed by atoms with Gasteiger partial charge in [-0.1, -0.05) is 49.4 Å². The minimum atomic E-state index is -0.403. The maximum absolute atomic E-state index is 12.1. The van der Waals surface area contributed by atoms with Crippen LogP contribution in [0.5, 0.6) is 0 Å². The number of hydrogen-bond acceptors (Lipinski definition) is 2. The minimum Gasteiger partial charge on any atom is -0.380 e. The highest BCUT2D eigenvalue weighted by Gasteiger charge is 2.17. The molecule has 0 aliphatic carbocycles. The summed E-state index contributed by atoms with van der Waals surface area (Å²) in [6, 6.07) is 20.5. The molecule has 3 aromatic carbocycles. The van der Waals surface area contributed by atoms with Crippen LogP contribution in [0.1, 0.15) is 34.0 Å². The molecule has 1 heterocycles. The number of carbonyl (C=O) groups excluding carboxylic acids is 1. The zero-order valence-electron chi connectivity index (χ0n) is 16.2. The van der Waals surface area contributed by atoms with E-state index in [9.17, 15) is 4.79 Å². The van der Waals surface area contributed by atoms with Crippen LogP contribution in [-0.2, 0) is 24.3 Å². The number of benzene rings is 3. The Labute approximate surface area is 164 Å². The van der Waals surface area contributed by atoms with Crippen LogP contribution in [0.4, 0.5) is 0 Å². The van der Waals surface area contributed by atoms with E-state index in [1.54, 1.807) is 13.2 Å². The number of methoxy groups -OCH3 is 1. The molecule has 4 heteroatoms. The second kappa shape index (κ2) is 7.49. The van der Waals surface area contributed by atoms with Crippen LogP contribution >= 0.6 is 0 Å². The van der Waals surface area contributed by atoms with Gasteiger partial charge >= 0.3 is 0 Å². The maximum Gasteiger partial charge on any atom is 0.249 e. The molecule has 4 aromatic rings. The van der Waals surface area contributed by atoms with Crippen molar-refractivity contribution in [2.24, 2.45) is 5.73 Å². The molecule has 0 unspecified atom stereocenters. The van der Waals surface area contributed by atoms with E-state index in [0.29, 0.717) is 12.2 Å². The number of nitrogens with zero attached hydrogens (tertiary/aromatic N) is 1. The van der Waals surface area contributed by atoms with Crippen molar-refractivity contribution in [3.05, 3.63) is 82.9 Å². The molecule has 0 aliphatic rings. The lowest BCUT2D eigenvalue weighted by Crippen LogP contribution is -2.11. The van der Waals surface area contributed by atoms with E-state index in [1.165, 1.54) is 11.1 Å². The van der Waals surface area contributed by atoms with Crippen molar-refractivity contribution >= 4 is 27.7 Å². The molecule has 0 atom stereocenters. The summed E-state index contributed by atoms with van der Waals surface area (Å²) >= 11 is 0. The largest absolute Gasteiger partial charge is 0.380 e. The number of ether oxygens (including phenoxy) is 1. The first-order valence-corrected chi connectivity index (χ1v) is 9.53. The summed E-state index contributed by atoms with van der Waals surface area (Å²) in [6.07, 6.45) is 0.981. The summed E-state index contributed by atoms with van der Waals surface area (Å²) in [7, 11) is 1.70. The van der Waals surface area contributed by atoms with Crippen LogP contribution in [-0.4, -0.2) is 17.6 Å². The monoisotopic (exact) mass is 372 g/mol. The number of rotatable bonds is 6. The summed E-state index contributed by atoms with van der Waals surface area (Å²) in [5.41, 5.74) is 12.1. The lowest BCUT2D eigenvalue weighted by Gasteiger charge is -2.12. The molecule has 0 fully saturated rings. The highest BCUT2D eigenvalue weighted by atomic mass is 16.5. The van der Waals surface area contributed by atoms with Crippen molar-refractivity contribution in [3.63, 3.8) is 0 Å². The second-order valence-electron chi connectivity index (χ2n) is 7.06. The molecule has 0 saturated heterocycles. The molecule has 0 spiro atoms. The van der Waals surface area contributed by atoms with E-state index in [-0.39, 0.29) is 0 Å². The van der Waals surface area contributed by atoms with Gasteiger partial charge in [-0.2, -0.15) is 0 Å². The molecule has 28 heavy (non-hydrogen) atoms. The number of hydrogen-bond donors (Lipinski definition) is 1. The molecular formula is C24H24N2O2. The quantitative estimate of drug-likeness (QED) is 0.535. The third-order valence-corrected chi connectivity index (χ3v) is 5.36. The van der Waals surface area contributed by atoms with Crippen LogP contribution in [0.3, 0.4) is 0 Å². The van der Waals surface area contributed by atoms with E-state index in [4.69, 9.17) is 10.5 Å². The second-order valence-corrected chi connectivity index (χ2v) is 7.06. The van der Waals surface area contributed by atoms with Gasteiger partial charge in [-0.05, 0) is 41.3 Å². The van der Waals surface area contributed by atoms with Crippen molar-refractivity contribution in [1.82, 2.24) is 4.57 Å². The molecule has 142 valence electrons. The average molecular weight is 372 g/mol. The van der Waals surface area contributed by atoms with Crippen LogP contribution in [0.15, 0.2) is 60.7 Å². The van der Waals surface area contributed by atoms with Crippen molar-refractivity contribution < 1.29 is 9.53 Å². The lowest BCUT2D eigenvalue weighted by atomic mass is 10.0. The first-order chi connectivity index (χ1) is 13.6. The summed E-state index contributed by atoms with van der Waals surface area (Å²) in [6.45, 7) is 3.46. The van der Waals surface area contributed by atoms with Crippen molar-refractivity contribution in [3.8, 4) is 0 Å². The van der Waals surface area contributed by atoms with Gasteiger partial charge in [-0.3, -0.25) is 4.79 Å².